The van der Waals surface area contributed by atoms with Crippen molar-refractivity contribution >= 4 is 5.91 Å². The summed E-state index contributed by atoms with van der Waals surface area (Å²) in [5.41, 5.74) is 5.58. The van der Waals surface area contributed by atoms with Crippen LogP contribution in [0.2, 0.25) is 0 Å². The van der Waals surface area contributed by atoms with Crippen molar-refractivity contribution in [3.63, 3.8) is 0 Å². The van der Waals surface area contributed by atoms with Crippen molar-refractivity contribution in [2.24, 2.45) is 17.1 Å². The number of likely N-dealkylation sites (tertiary alicyclic amines) is 1. The van der Waals surface area contributed by atoms with Gasteiger partial charge in [-0.25, -0.2) is 0 Å². The molecule has 0 radical (unpaired) electrons. The smallest absolute Gasteiger partial charge is 0.228 e. The number of nitrogens with two attached hydrogens (primary N) is 1. The van der Waals surface area contributed by atoms with Crippen molar-refractivity contribution in [1.29, 1.82) is 0 Å². The topological polar surface area (TPSA) is 46.3 Å². The van der Waals surface area contributed by atoms with Crippen molar-refractivity contribution < 1.29 is 4.79 Å². The van der Waals surface area contributed by atoms with E-state index in [1.54, 1.807) is 0 Å². The Morgan fingerprint density at radius 3 is 2.53 bits per heavy atom. The average molecular weight is 212 g/mol. The van der Waals surface area contributed by atoms with Crippen LogP contribution in [0, 0.1) is 11.3 Å². The molecule has 1 saturated heterocycles. The predicted octanol–water partition coefficient (Wildman–Crippen LogP) is 1.62. The molecule has 3 nitrogen and oxygen atoms in total. The lowest BCUT2D eigenvalue weighted by Crippen LogP contribution is -2.41. The number of hydrogen-bond acceptors (Lipinski definition) is 2. The number of carbonyl (C=O) groups is 1. The van der Waals surface area contributed by atoms with Crippen LogP contribution in [0.3, 0.4) is 0 Å². The molecule has 0 aromatic rings. The van der Waals surface area contributed by atoms with Crippen LogP contribution in [-0.2, 0) is 4.79 Å². The normalized spacial score (nSPS) is 22.5. The summed E-state index contributed by atoms with van der Waals surface area (Å²) in [5, 5.41) is 0. The minimum absolute atomic E-state index is 0.184. The van der Waals surface area contributed by atoms with Crippen molar-refractivity contribution in [2.45, 2.75) is 46.6 Å². The van der Waals surface area contributed by atoms with E-state index in [1.807, 2.05) is 18.7 Å². The van der Waals surface area contributed by atoms with E-state index in [9.17, 15) is 4.79 Å². The Balaban J connectivity index is 2.58. The number of hydrogen-bond donors (Lipinski definition) is 1. The zero-order chi connectivity index (χ0) is 11.6. The van der Waals surface area contributed by atoms with Gasteiger partial charge in [0.15, 0.2) is 0 Å². The fraction of sp³-hybridized carbons (Fsp3) is 0.917. The molecule has 0 unspecified atom stereocenters. The monoisotopic (exact) mass is 212 g/mol. The van der Waals surface area contributed by atoms with Gasteiger partial charge in [-0.2, -0.15) is 0 Å². The molecule has 1 aliphatic rings. The number of carbonyl (C=O) groups excluding carboxylic acids is 1. The molecule has 2 N–H and O–H groups in total. The summed E-state index contributed by atoms with van der Waals surface area (Å²) in [6.45, 7) is 9.97. The minimum Gasteiger partial charge on any atom is -0.341 e. The second-order valence-corrected chi connectivity index (χ2v) is 5.78. The molecule has 1 aliphatic heterocycles. The molecule has 1 fully saturated rings. The molecule has 0 aromatic heterocycles. The summed E-state index contributed by atoms with van der Waals surface area (Å²) in [6.07, 6.45) is 1.89. The lowest BCUT2D eigenvalue weighted by Gasteiger charge is -2.30. The highest BCUT2D eigenvalue weighted by atomic mass is 16.2. The Hall–Kier alpha value is -0.570. The third kappa shape index (κ3) is 3.20. The maximum absolute atomic E-state index is 12.2. The van der Waals surface area contributed by atoms with Crippen LogP contribution in [0.5, 0.6) is 0 Å². The van der Waals surface area contributed by atoms with Gasteiger partial charge in [-0.15, -0.1) is 0 Å². The highest BCUT2D eigenvalue weighted by molar-refractivity contribution is 5.82. The van der Waals surface area contributed by atoms with Gasteiger partial charge in [0.1, 0.15) is 0 Å². The van der Waals surface area contributed by atoms with Crippen molar-refractivity contribution in [3.05, 3.63) is 0 Å². The van der Waals surface area contributed by atoms with Crippen molar-refractivity contribution in [1.82, 2.24) is 4.90 Å². The zero-order valence-corrected chi connectivity index (χ0v) is 10.4. The minimum atomic E-state index is -0.238. The van der Waals surface area contributed by atoms with Gasteiger partial charge in [-0.05, 0) is 18.8 Å². The first kappa shape index (κ1) is 12.5. The Bertz CT molecular complexity index is 236. The van der Waals surface area contributed by atoms with Gasteiger partial charge in [0, 0.05) is 24.5 Å². The summed E-state index contributed by atoms with van der Waals surface area (Å²) < 4.78 is 0. The second-order valence-electron chi connectivity index (χ2n) is 5.78. The Morgan fingerprint density at radius 1 is 1.53 bits per heavy atom. The zero-order valence-electron chi connectivity index (χ0n) is 10.4. The van der Waals surface area contributed by atoms with Crippen LogP contribution >= 0.6 is 0 Å². The molecule has 1 heterocycles. The van der Waals surface area contributed by atoms with Gasteiger partial charge in [0.2, 0.25) is 5.91 Å². The summed E-state index contributed by atoms with van der Waals surface area (Å²) in [4.78, 5) is 14.1. The first-order valence-corrected chi connectivity index (χ1v) is 5.88. The Morgan fingerprint density at radius 2 is 2.13 bits per heavy atom. The molecule has 0 saturated carbocycles. The van der Waals surface area contributed by atoms with Crippen molar-refractivity contribution in [2.75, 3.05) is 13.1 Å². The SMILES string of the molecule is CC(C)CC(C)(C)C(=O)N1CC[C@@H](N)C1. The van der Waals surface area contributed by atoms with Gasteiger partial charge < -0.3 is 10.6 Å². The lowest BCUT2D eigenvalue weighted by atomic mass is 9.83. The van der Waals surface area contributed by atoms with Gasteiger partial charge in [0.25, 0.3) is 0 Å². The van der Waals surface area contributed by atoms with Gasteiger partial charge >= 0.3 is 0 Å². The fourth-order valence-corrected chi connectivity index (χ4v) is 2.51. The third-order valence-electron chi connectivity index (χ3n) is 3.01. The maximum atomic E-state index is 12.2. The van der Waals surface area contributed by atoms with E-state index in [-0.39, 0.29) is 17.4 Å². The molecule has 0 aromatic carbocycles. The molecule has 1 rings (SSSR count). The van der Waals surface area contributed by atoms with Crippen LogP contribution in [-0.4, -0.2) is 29.9 Å². The fourth-order valence-electron chi connectivity index (χ4n) is 2.51. The molecule has 0 bridgehead atoms. The summed E-state index contributed by atoms with van der Waals surface area (Å²) in [5.74, 6) is 0.823. The van der Waals surface area contributed by atoms with Gasteiger partial charge in [-0.1, -0.05) is 27.7 Å². The lowest BCUT2D eigenvalue weighted by molar-refractivity contribution is -0.140. The summed E-state index contributed by atoms with van der Waals surface area (Å²) in [7, 11) is 0. The van der Waals surface area contributed by atoms with E-state index < -0.39 is 0 Å². The van der Waals surface area contributed by atoms with Crippen molar-refractivity contribution in [3.8, 4) is 0 Å². The van der Waals surface area contributed by atoms with E-state index in [0.29, 0.717) is 5.92 Å². The first-order chi connectivity index (χ1) is 6.83. The molecule has 88 valence electrons. The molecular weight excluding hydrogens is 188 g/mol. The highest BCUT2D eigenvalue weighted by Gasteiger charge is 2.35. The quantitative estimate of drug-likeness (QED) is 0.772. The number of nitrogens with zero attached hydrogens (tertiary/aromatic N) is 1. The molecule has 0 aliphatic carbocycles. The van der Waals surface area contributed by atoms with Crippen LogP contribution in [0.15, 0.2) is 0 Å². The van der Waals surface area contributed by atoms with Crippen LogP contribution in [0.4, 0.5) is 0 Å². The summed E-state index contributed by atoms with van der Waals surface area (Å²) >= 11 is 0. The van der Waals surface area contributed by atoms with E-state index >= 15 is 0 Å². The van der Waals surface area contributed by atoms with E-state index in [1.165, 1.54) is 0 Å². The largest absolute Gasteiger partial charge is 0.341 e. The molecule has 15 heavy (non-hydrogen) atoms. The highest BCUT2D eigenvalue weighted by Crippen LogP contribution is 2.29. The Labute approximate surface area is 93.0 Å². The van der Waals surface area contributed by atoms with E-state index in [0.717, 1.165) is 25.9 Å². The molecular formula is C12H24N2O. The standard InChI is InChI=1S/C12H24N2O/c1-9(2)7-12(3,4)11(15)14-6-5-10(13)8-14/h9-10H,5-8,13H2,1-4H3/t10-/m1/s1. The van der Waals surface area contributed by atoms with E-state index in [2.05, 4.69) is 13.8 Å². The van der Waals surface area contributed by atoms with Crippen LogP contribution < -0.4 is 5.73 Å². The van der Waals surface area contributed by atoms with E-state index in [4.69, 9.17) is 5.73 Å². The summed E-state index contributed by atoms with van der Waals surface area (Å²) in [6, 6.07) is 0.184. The van der Waals surface area contributed by atoms with Crippen LogP contribution in [0.1, 0.15) is 40.5 Å². The third-order valence-corrected chi connectivity index (χ3v) is 3.01. The molecule has 1 atom stereocenters. The van der Waals surface area contributed by atoms with Gasteiger partial charge in [0.05, 0.1) is 0 Å². The maximum Gasteiger partial charge on any atom is 0.228 e. The molecule has 1 amide bonds. The number of rotatable bonds is 3. The molecule has 3 heteroatoms. The predicted molar refractivity (Wildman–Crippen MR) is 62.4 cm³/mol. The second kappa shape index (κ2) is 4.52. The first-order valence-electron chi connectivity index (χ1n) is 5.88. The number of amides is 1. The Kier molecular flexibility index (Phi) is 3.77. The molecule has 0 spiro atoms. The average Bonchev–Trinajstić information content (AvgIpc) is 2.48. The van der Waals surface area contributed by atoms with Crippen LogP contribution in [0.25, 0.3) is 0 Å². The van der Waals surface area contributed by atoms with Gasteiger partial charge in [-0.3, -0.25) is 4.79 Å².